The molecule has 2 rings (SSSR count). The van der Waals surface area contributed by atoms with E-state index < -0.39 is 11.9 Å². The topological polar surface area (TPSA) is 38.7 Å². The number of hydrogen-bond acceptors (Lipinski definition) is 3. The van der Waals surface area contributed by atoms with Crippen LogP contribution in [0.25, 0.3) is 0 Å². The number of aliphatic hydroxyl groups is 1. The summed E-state index contributed by atoms with van der Waals surface area (Å²) in [6, 6.07) is 0. The van der Waals surface area contributed by atoms with Crippen LogP contribution in [0.4, 0.5) is 0 Å². The molecule has 1 N–H and O–H groups in total. The highest BCUT2D eigenvalue weighted by Crippen LogP contribution is 2.41. The Morgan fingerprint density at radius 2 is 2.00 bits per heavy atom. The molecule has 1 saturated heterocycles. The van der Waals surface area contributed by atoms with Crippen LogP contribution in [0.2, 0.25) is 0 Å². The van der Waals surface area contributed by atoms with E-state index >= 15 is 0 Å². The summed E-state index contributed by atoms with van der Waals surface area (Å²) < 4.78 is 11.3. The van der Waals surface area contributed by atoms with Crippen LogP contribution in [-0.2, 0) is 9.47 Å². The first-order valence-electron chi connectivity index (χ1n) is 4.70. The number of ether oxygens (including phenoxy) is 2. The molecule has 2 aliphatic rings. The summed E-state index contributed by atoms with van der Waals surface area (Å²) in [7, 11) is 0. The van der Waals surface area contributed by atoms with Crippen molar-refractivity contribution in [3.05, 3.63) is 12.7 Å². The molecule has 1 saturated carbocycles. The van der Waals surface area contributed by atoms with Gasteiger partial charge >= 0.3 is 0 Å². The fraction of sp³-hybridized carbons (Fsp3) is 0.800. The lowest BCUT2D eigenvalue weighted by atomic mass is 10.1. The summed E-state index contributed by atoms with van der Waals surface area (Å²) in [5.74, 6) is -0.334. The number of fused-ring (bicyclic) bond motifs is 1. The molecule has 0 amide bonds. The van der Waals surface area contributed by atoms with Crippen molar-refractivity contribution in [2.24, 2.45) is 5.92 Å². The van der Waals surface area contributed by atoms with Gasteiger partial charge < -0.3 is 14.6 Å². The maximum atomic E-state index is 9.68. The normalized spacial score (nSPS) is 47.6. The van der Waals surface area contributed by atoms with Gasteiger partial charge in [0.05, 0.1) is 12.2 Å². The van der Waals surface area contributed by atoms with Gasteiger partial charge in [-0.1, -0.05) is 6.08 Å². The SMILES string of the molecule is C=C[C@H]1CC(O)[C@@H]2OC(C)(C)O[C@H]12. The minimum absolute atomic E-state index is 0.0116. The van der Waals surface area contributed by atoms with Gasteiger partial charge in [-0.2, -0.15) is 0 Å². The maximum Gasteiger partial charge on any atom is 0.163 e. The van der Waals surface area contributed by atoms with Gasteiger partial charge in [-0.3, -0.25) is 0 Å². The van der Waals surface area contributed by atoms with E-state index in [-0.39, 0.29) is 18.1 Å². The molecule has 1 aliphatic carbocycles. The number of aliphatic hydroxyl groups excluding tert-OH is 1. The van der Waals surface area contributed by atoms with Crippen molar-refractivity contribution in [2.45, 2.75) is 44.4 Å². The first kappa shape index (κ1) is 9.19. The highest BCUT2D eigenvalue weighted by Gasteiger charge is 2.52. The molecule has 0 radical (unpaired) electrons. The number of hydrogen-bond donors (Lipinski definition) is 1. The van der Waals surface area contributed by atoms with Crippen molar-refractivity contribution in [3.8, 4) is 0 Å². The first-order valence-corrected chi connectivity index (χ1v) is 4.70. The lowest BCUT2D eigenvalue weighted by Gasteiger charge is -2.20. The molecule has 1 heterocycles. The molecule has 1 unspecified atom stereocenters. The van der Waals surface area contributed by atoms with Crippen LogP contribution in [0.1, 0.15) is 20.3 Å². The highest BCUT2D eigenvalue weighted by molar-refractivity contribution is 5.03. The van der Waals surface area contributed by atoms with Crippen LogP contribution in [0.5, 0.6) is 0 Å². The van der Waals surface area contributed by atoms with Crippen LogP contribution < -0.4 is 0 Å². The summed E-state index contributed by atoms with van der Waals surface area (Å²) in [5.41, 5.74) is 0. The van der Waals surface area contributed by atoms with Gasteiger partial charge in [0.1, 0.15) is 6.10 Å². The molecule has 0 aromatic carbocycles. The minimum Gasteiger partial charge on any atom is -0.390 e. The van der Waals surface area contributed by atoms with E-state index in [1.165, 1.54) is 0 Å². The Bertz CT molecular complexity index is 224. The Kier molecular flexibility index (Phi) is 1.98. The van der Waals surface area contributed by atoms with E-state index in [0.717, 1.165) is 0 Å². The smallest absolute Gasteiger partial charge is 0.163 e. The molecule has 1 aliphatic heterocycles. The largest absolute Gasteiger partial charge is 0.390 e. The second kappa shape index (κ2) is 2.80. The van der Waals surface area contributed by atoms with E-state index in [2.05, 4.69) is 6.58 Å². The predicted octanol–water partition coefficient (Wildman–Crippen LogP) is 1.07. The number of rotatable bonds is 1. The van der Waals surface area contributed by atoms with Gasteiger partial charge in [-0.15, -0.1) is 6.58 Å². The molecule has 0 aromatic rings. The zero-order valence-electron chi connectivity index (χ0n) is 8.06. The molecular weight excluding hydrogens is 168 g/mol. The second-order valence-corrected chi connectivity index (χ2v) is 4.27. The molecule has 0 aromatic heterocycles. The Labute approximate surface area is 78.3 Å². The summed E-state index contributed by atoms with van der Waals surface area (Å²) in [6.45, 7) is 7.49. The Hall–Kier alpha value is -0.380. The van der Waals surface area contributed by atoms with E-state index in [1.54, 1.807) is 0 Å². The van der Waals surface area contributed by atoms with Gasteiger partial charge in [0.15, 0.2) is 5.79 Å². The fourth-order valence-electron chi connectivity index (χ4n) is 2.22. The monoisotopic (exact) mass is 184 g/mol. The lowest BCUT2D eigenvalue weighted by Crippen LogP contribution is -2.28. The summed E-state index contributed by atoms with van der Waals surface area (Å²) in [5, 5.41) is 9.68. The average Bonchev–Trinajstić information content (AvgIpc) is 2.47. The maximum absolute atomic E-state index is 9.68. The van der Waals surface area contributed by atoms with E-state index in [0.29, 0.717) is 6.42 Å². The molecule has 3 nitrogen and oxygen atoms in total. The van der Waals surface area contributed by atoms with Gasteiger partial charge in [0.2, 0.25) is 0 Å². The summed E-state index contributed by atoms with van der Waals surface area (Å²) in [6.07, 6.45) is 1.96. The van der Waals surface area contributed by atoms with Crippen LogP contribution in [0.15, 0.2) is 12.7 Å². The Morgan fingerprint density at radius 1 is 1.38 bits per heavy atom. The molecular formula is C10H16O3. The zero-order chi connectivity index (χ0) is 9.64. The van der Waals surface area contributed by atoms with Crippen molar-refractivity contribution < 1.29 is 14.6 Å². The standard InChI is InChI=1S/C10H16O3/c1-4-6-5-7(11)9-8(6)12-10(2,3)13-9/h4,6-9,11H,1,5H2,2-3H3/t6-,7?,8+,9-/m0/s1. The van der Waals surface area contributed by atoms with Crippen molar-refractivity contribution in [3.63, 3.8) is 0 Å². The lowest BCUT2D eigenvalue weighted by molar-refractivity contribution is -0.164. The Morgan fingerprint density at radius 3 is 2.62 bits per heavy atom. The van der Waals surface area contributed by atoms with Gasteiger partial charge in [-0.25, -0.2) is 0 Å². The summed E-state index contributed by atoms with van der Waals surface area (Å²) in [4.78, 5) is 0. The molecule has 3 heteroatoms. The van der Waals surface area contributed by atoms with Crippen LogP contribution in [0.3, 0.4) is 0 Å². The van der Waals surface area contributed by atoms with E-state index in [1.807, 2.05) is 19.9 Å². The highest BCUT2D eigenvalue weighted by atomic mass is 16.8. The van der Waals surface area contributed by atoms with Gasteiger partial charge in [0, 0.05) is 5.92 Å². The van der Waals surface area contributed by atoms with Crippen molar-refractivity contribution >= 4 is 0 Å². The van der Waals surface area contributed by atoms with E-state index in [9.17, 15) is 5.11 Å². The van der Waals surface area contributed by atoms with Crippen molar-refractivity contribution in [1.82, 2.24) is 0 Å². The molecule has 2 fully saturated rings. The molecule has 0 bridgehead atoms. The van der Waals surface area contributed by atoms with Crippen LogP contribution in [0, 0.1) is 5.92 Å². The van der Waals surface area contributed by atoms with E-state index in [4.69, 9.17) is 9.47 Å². The van der Waals surface area contributed by atoms with Crippen LogP contribution >= 0.6 is 0 Å². The molecule has 4 atom stereocenters. The molecule has 13 heavy (non-hydrogen) atoms. The van der Waals surface area contributed by atoms with Gasteiger partial charge in [0.25, 0.3) is 0 Å². The minimum atomic E-state index is -0.558. The Balaban J connectivity index is 2.17. The third-order valence-electron chi connectivity index (χ3n) is 2.78. The molecule has 74 valence electrons. The predicted molar refractivity (Wildman–Crippen MR) is 48.1 cm³/mol. The fourth-order valence-corrected chi connectivity index (χ4v) is 2.22. The van der Waals surface area contributed by atoms with Gasteiger partial charge in [-0.05, 0) is 20.3 Å². The van der Waals surface area contributed by atoms with Crippen LogP contribution in [-0.4, -0.2) is 29.2 Å². The molecule has 0 spiro atoms. The second-order valence-electron chi connectivity index (χ2n) is 4.27. The third kappa shape index (κ3) is 1.41. The average molecular weight is 184 g/mol. The van der Waals surface area contributed by atoms with Crippen molar-refractivity contribution in [1.29, 1.82) is 0 Å². The first-order chi connectivity index (χ1) is 6.03. The van der Waals surface area contributed by atoms with Crippen molar-refractivity contribution in [2.75, 3.05) is 0 Å². The third-order valence-corrected chi connectivity index (χ3v) is 2.78. The summed E-state index contributed by atoms with van der Waals surface area (Å²) >= 11 is 0. The quantitative estimate of drug-likeness (QED) is 0.620. The zero-order valence-corrected chi connectivity index (χ0v) is 8.06.